The van der Waals surface area contributed by atoms with Gasteiger partial charge in [-0.3, -0.25) is 0 Å². The van der Waals surface area contributed by atoms with Crippen LogP contribution < -0.4 is 10.6 Å². The Morgan fingerprint density at radius 1 is 1.21 bits per heavy atom. The summed E-state index contributed by atoms with van der Waals surface area (Å²) in [5.41, 5.74) is 1.33. The Balaban J connectivity index is 1.77. The molecule has 0 spiro atoms. The highest BCUT2D eigenvalue weighted by atomic mass is 32.1. The minimum Gasteiger partial charge on any atom is -0.359 e. The molecular weight excluding hydrogens is 252 g/mol. The van der Waals surface area contributed by atoms with Crippen molar-refractivity contribution in [1.82, 2.24) is 10.6 Å². The summed E-state index contributed by atoms with van der Waals surface area (Å²) in [6.45, 7) is 9.47. The molecule has 2 atom stereocenters. The molecule has 4 aliphatic rings. The summed E-state index contributed by atoms with van der Waals surface area (Å²) in [5, 5.41) is 7.73. The van der Waals surface area contributed by atoms with Crippen molar-refractivity contribution in [3.05, 3.63) is 12.7 Å². The maximum atomic E-state index is 5.46. The first-order valence-corrected chi connectivity index (χ1v) is 7.94. The van der Waals surface area contributed by atoms with Crippen LogP contribution in [0, 0.1) is 16.7 Å². The zero-order chi connectivity index (χ0) is 13.7. The van der Waals surface area contributed by atoms with Crippen molar-refractivity contribution in [2.75, 3.05) is 6.54 Å². The second-order valence-corrected chi connectivity index (χ2v) is 8.44. The number of nitrogens with one attached hydrogen (secondary N) is 2. The Hall–Kier alpha value is -0.570. The average molecular weight is 278 g/mol. The molecule has 0 amide bonds. The van der Waals surface area contributed by atoms with Gasteiger partial charge in [-0.2, -0.15) is 0 Å². The van der Waals surface area contributed by atoms with Gasteiger partial charge in [-0.15, -0.1) is 6.58 Å². The Labute approximate surface area is 122 Å². The van der Waals surface area contributed by atoms with Crippen molar-refractivity contribution in [1.29, 1.82) is 0 Å². The first-order valence-electron chi connectivity index (χ1n) is 7.53. The van der Waals surface area contributed by atoms with Crippen LogP contribution in [-0.2, 0) is 0 Å². The van der Waals surface area contributed by atoms with E-state index in [2.05, 4.69) is 31.1 Å². The van der Waals surface area contributed by atoms with E-state index in [-0.39, 0.29) is 5.54 Å². The molecule has 19 heavy (non-hydrogen) atoms. The fraction of sp³-hybridized carbons (Fsp3) is 0.812. The molecule has 0 unspecified atom stereocenters. The molecule has 106 valence electrons. The van der Waals surface area contributed by atoms with Crippen LogP contribution in [0.2, 0.25) is 0 Å². The van der Waals surface area contributed by atoms with E-state index in [0.29, 0.717) is 10.8 Å². The van der Waals surface area contributed by atoms with Crippen LogP contribution >= 0.6 is 12.2 Å². The van der Waals surface area contributed by atoms with E-state index in [9.17, 15) is 0 Å². The van der Waals surface area contributed by atoms with Crippen LogP contribution in [0.5, 0.6) is 0 Å². The standard InChI is InChI=1S/C16H26N2S/c1-4-5-17-13(19)18-16-8-12-6-14(2,10-16)9-15(3,7-12)11-16/h4,12H,1,5-11H2,2-3H3,(H2,17,18,19)/t12?,14-,15-,16?/m0/s1. The molecule has 2 nitrogen and oxygen atoms in total. The minimum absolute atomic E-state index is 0.258. The highest BCUT2D eigenvalue weighted by molar-refractivity contribution is 7.80. The van der Waals surface area contributed by atoms with Crippen LogP contribution in [0.1, 0.15) is 52.4 Å². The lowest BCUT2D eigenvalue weighted by Crippen LogP contribution is -2.66. The van der Waals surface area contributed by atoms with Gasteiger partial charge in [0.2, 0.25) is 0 Å². The van der Waals surface area contributed by atoms with Gasteiger partial charge in [-0.25, -0.2) is 0 Å². The van der Waals surface area contributed by atoms with Gasteiger partial charge in [0.1, 0.15) is 0 Å². The average Bonchev–Trinajstić information content (AvgIpc) is 2.20. The van der Waals surface area contributed by atoms with Crippen LogP contribution in [-0.4, -0.2) is 17.2 Å². The van der Waals surface area contributed by atoms with E-state index >= 15 is 0 Å². The Kier molecular flexibility index (Phi) is 2.97. The van der Waals surface area contributed by atoms with Gasteiger partial charge in [0.05, 0.1) is 0 Å². The van der Waals surface area contributed by atoms with Crippen LogP contribution in [0.15, 0.2) is 12.7 Å². The number of hydrogen-bond acceptors (Lipinski definition) is 1. The predicted molar refractivity (Wildman–Crippen MR) is 84.1 cm³/mol. The Morgan fingerprint density at radius 3 is 2.37 bits per heavy atom. The third-order valence-corrected chi connectivity index (χ3v) is 5.66. The highest BCUT2D eigenvalue weighted by Gasteiger charge is 2.60. The van der Waals surface area contributed by atoms with Gasteiger partial charge in [0.15, 0.2) is 5.11 Å². The zero-order valence-electron chi connectivity index (χ0n) is 12.2. The lowest BCUT2D eigenvalue weighted by molar-refractivity contribution is -0.111. The lowest BCUT2D eigenvalue weighted by atomic mass is 9.43. The number of rotatable bonds is 3. The summed E-state index contributed by atoms with van der Waals surface area (Å²) in [5.74, 6) is 0.904. The van der Waals surface area contributed by atoms with Gasteiger partial charge < -0.3 is 10.6 Å². The molecule has 0 saturated heterocycles. The first-order chi connectivity index (χ1) is 8.86. The Morgan fingerprint density at radius 2 is 1.84 bits per heavy atom. The molecule has 3 heteroatoms. The second kappa shape index (κ2) is 4.21. The molecule has 0 aromatic carbocycles. The molecule has 0 radical (unpaired) electrons. The van der Waals surface area contributed by atoms with Crippen molar-refractivity contribution in [2.24, 2.45) is 16.7 Å². The number of thiocarbonyl (C=S) groups is 1. The SMILES string of the molecule is C=CCNC(=S)NC12CC3C[C@](C)(C1)C[C@](C)(C3)C2. The zero-order valence-corrected chi connectivity index (χ0v) is 13.0. The molecule has 4 rings (SSSR count). The molecule has 0 aromatic heterocycles. The molecule has 0 aromatic rings. The lowest BCUT2D eigenvalue weighted by Gasteiger charge is -2.65. The molecule has 2 N–H and O–H groups in total. The minimum atomic E-state index is 0.258. The maximum absolute atomic E-state index is 5.46. The maximum Gasteiger partial charge on any atom is 0.166 e. The van der Waals surface area contributed by atoms with Crippen molar-refractivity contribution in [3.8, 4) is 0 Å². The smallest absolute Gasteiger partial charge is 0.166 e. The van der Waals surface area contributed by atoms with Gasteiger partial charge >= 0.3 is 0 Å². The van der Waals surface area contributed by atoms with Gasteiger partial charge in [-0.05, 0) is 67.5 Å². The van der Waals surface area contributed by atoms with E-state index < -0.39 is 0 Å². The summed E-state index contributed by atoms with van der Waals surface area (Å²) in [4.78, 5) is 0. The summed E-state index contributed by atoms with van der Waals surface area (Å²) in [6, 6.07) is 0. The highest BCUT2D eigenvalue weighted by Crippen LogP contribution is 2.66. The molecule has 0 heterocycles. The Bertz CT molecular complexity index is 399. The molecule has 4 aliphatic carbocycles. The fourth-order valence-electron chi connectivity index (χ4n) is 6.04. The molecule has 4 fully saturated rings. The van der Waals surface area contributed by atoms with Gasteiger partial charge in [-0.1, -0.05) is 19.9 Å². The van der Waals surface area contributed by atoms with Gasteiger partial charge in [0, 0.05) is 12.1 Å². The number of hydrogen-bond donors (Lipinski definition) is 2. The first kappa shape index (κ1) is 13.4. The van der Waals surface area contributed by atoms with Crippen LogP contribution in [0.25, 0.3) is 0 Å². The quantitative estimate of drug-likeness (QED) is 0.611. The molecule has 4 bridgehead atoms. The van der Waals surface area contributed by atoms with E-state index in [1.165, 1.54) is 38.5 Å². The monoisotopic (exact) mass is 278 g/mol. The largest absolute Gasteiger partial charge is 0.359 e. The third kappa shape index (κ3) is 2.42. The van der Waals surface area contributed by atoms with Gasteiger partial charge in [0.25, 0.3) is 0 Å². The van der Waals surface area contributed by atoms with Crippen molar-refractivity contribution < 1.29 is 0 Å². The second-order valence-electron chi connectivity index (χ2n) is 8.03. The van der Waals surface area contributed by atoms with E-state index in [4.69, 9.17) is 12.2 Å². The fourth-order valence-corrected chi connectivity index (χ4v) is 6.34. The van der Waals surface area contributed by atoms with Crippen molar-refractivity contribution in [3.63, 3.8) is 0 Å². The van der Waals surface area contributed by atoms with Crippen LogP contribution in [0.4, 0.5) is 0 Å². The molecular formula is C16H26N2S. The van der Waals surface area contributed by atoms with Crippen LogP contribution in [0.3, 0.4) is 0 Å². The summed E-state index contributed by atoms with van der Waals surface area (Å²) < 4.78 is 0. The normalized spacial score (nSPS) is 46.9. The van der Waals surface area contributed by atoms with Crippen molar-refractivity contribution >= 4 is 17.3 Å². The summed E-state index contributed by atoms with van der Waals surface area (Å²) in [7, 11) is 0. The van der Waals surface area contributed by atoms with E-state index in [0.717, 1.165) is 17.6 Å². The predicted octanol–water partition coefficient (Wildman–Crippen LogP) is 3.39. The van der Waals surface area contributed by atoms with E-state index in [1.807, 2.05) is 6.08 Å². The van der Waals surface area contributed by atoms with E-state index in [1.54, 1.807) is 0 Å². The van der Waals surface area contributed by atoms with Crippen molar-refractivity contribution in [2.45, 2.75) is 57.9 Å². The summed E-state index contributed by atoms with van der Waals surface area (Å²) >= 11 is 5.46. The topological polar surface area (TPSA) is 24.1 Å². The molecule has 4 saturated carbocycles. The molecule has 0 aliphatic heterocycles. The summed E-state index contributed by atoms with van der Waals surface area (Å²) in [6.07, 6.45) is 10.0. The third-order valence-electron chi connectivity index (χ3n) is 5.41.